The highest BCUT2D eigenvalue weighted by molar-refractivity contribution is 5.98. The van der Waals surface area contributed by atoms with Gasteiger partial charge in [0, 0.05) is 23.7 Å². The van der Waals surface area contributed by atoms with Gasteiger partial charge in [-0.05, 0) is 38.1 Å². The molecule has 3 aromatic rings. The molecule has 0 radical (unpaired) electrons. The van der Waals surface area contributed by atoms with Crippen LogP contribution in [0.15, 0.2) is 30.5 Å². The first-order chi connectivity index (χ1) is 16.4. The average molecular weight is 467 g/mol. The van der Waals surface area contributed by atoms with Crippen molar-refractivity contribution in [1.29, 1.82) is 0 Å². The second kappa shape index (κ2) is 9.54. The third kappa shape index (κ3) is 4.33. The lowest BCUT2D eigenvalue weighted by molar-refractivity contribution is 0.0930. The summed E-state index contributed by atoms with van der Waals surface area (Å²) in [7, 11) is 4.44. The van der Waals surface area contributed by atoms with Crippen LogP contribution in [0.1, 0.15) is 27.3 Å². The lowest BCUT2D eigenvalue weighted by Gasteiger charge is -2.17. The first-order valence-electron chi connectivity index (χ1n) is 10.7. The summed E-state index contributed by atoms with van der Waals surface area (Å²) < 4.78 is 36.6. The average Bonchev–Trinajstić information content (AvgIpc) is 3.25. The van der Waals surface area contributed by atoms with Gasteiger partial charge in [-0.15, -0.1) is 0 Å². The SMILES string of the molecule is COc1ccc(C(=O)NC[C@@H]2Cc3cc(F)cc(-c4nc(C)cnc4C)c3O2)c(OC)c1OC. The second-order valence-corrected chi connectivity index (χ2v) is 7.92. The van der Waals surface area contributed by atoms with Crippen molar-refractivity contribution in [2.75, 3.05) is 27.9 Å². The third-order valence-corrected chi connectivity index (χ3v) is 5.63. The maximum absolute atomic E-state index is 14.4. The number of carbonyl (C=O) groups is 1. The zero-order chi connectivity index (χ0) is 24.4. The van der Waals surface area contributed by atoms with Crippen molar-refractivity contribution in [3.05, 3.63) is 58.8 Å². The zero-order valence-corrected chi connectivity index (χ0v) is 19.7. The molecule has 0 unspecified atom stereocenters. The fourth-order valence-corrected chi connectivity index (χ4v) is 4.06. The molecule has 0 aliphatic carbocycles. The van der Waals surface area contributed by atoms with Crippen LogP contribution in [0.3, 0.4) is 0 Å². The number of aromatic nitrogens is 2. The number of hydrogen-bond donors (Lipinski definition) is 1. The minimum Gasteiger partial charge on any atom is -0.493 e. The second-order valence-electron chi connectivity index (χ2n) is 7.92. The van der Waals surface area contributed by atoms with E-state index in [0.29, 0.717) is 46.2 Å². The Morgan fingerprint density at radius 3 is 2.62 bits per heavy atom. The fourth-order valence-electron chi connectivity index (χ4n) is 4.06. The van der Waals surface area contributed by atoms with Gasteiger partial charge in [0.1, 0.15) is 17.7 Å². The number of hydrogen-bond acceptors (Lipinski definition) is 7. The summed E-state index contributed by atoms with van der Waals surface area (Å²) in [5.41, 5.74) is 3.56. The van der Waals surface area contributed by atoms with Gasteiger partial charge in [-0.2, -0.15) is 0 Å². The quantitative estimate of drug-likeness (QED) is 0.567. The monoisotopic (exact) mass is 467 g/mol. The molecule has 178 valence electrons. The van der Waals surface area contributed by atoms with E-state index in [1.807, 2.05) is 13.8 Å². The number of rotatable bonds is 7. The van der Waals surface area contributed by atoms with E-state index in [1.54, 1.807) is 18.3 Å². The van der Waals surface area contributed by atoms with Crippen LogP contribution in [0.2, 0.25) is 0 Å². The van der Waals surface area contributed by atoms with Gasteiger partial charge in [0.05, 0.1) is 50.5 Å². The first-order valence-corrected chi connectivity index (χ1v) is 10.7. The molecule has 1 amide bonds. The highest BCUT2D eigenvalue weighted by Crippen LogP contribution is 2.41. The predicted octanol–water partition coefficient (Wildman–Crippen LogP) is 3.66. The van der Waals surface area contributed by atoms with Crippen molar-refractivity contribution in [3.63, 3.8) is 0 Å². The summed E-state index contributed by atoms with van der Waals surface area (Å²) in [6.45, 7) is 3.86. The summed E-state index contributed by atoms with van der Waals surface area (Å²) in [6, 6.07) is 6.10. The molecule has 0 fully saturated rings. The summed E-state index contributed by atoms with van der Waals surface area (Å²) in [5, 5.41) is 2.87. The number of amides is 1. The highest BCUT2D eigenvalue weighted by Gasteiger charge is 2.29. The van der Waals surface area contributed by atoms with E-state index in [-0.39, 0.29) is 30.1 Å². The minimum absolute atomic E-state index is 0.213. The molecule has 1 aromatic heterocycles. The number of benzene rings is 2. The fraction of sp³-hybridized carbons (Fsp3) is 0.320. The first kappa shape index (κ1) is 23.3. The Bertz CT molecular complexity index is 1250. The van der Waals surface area contributed by atoms with Crippen LogP contribution in [-0.2, 0) is 6.42 Å². The normalized spacial score (nSPS) is 14.2. The number of nitrogens with one attached hydrogen (secondary N) is 1. The van der Waals surface area contributed by atoms with E-state index in [9.17, 15) is 9.18 Å². The number of halogens is 1. The minimum atomic E-state index is -0.375. The smallest absolute Gasteiger partial charge is 0.255 e. The van der Waals surface area contributed by atoms with Crippen LogP contribution >= 0.6 is 0 Å². The molecule has 2 heterocycles. The van der Waals surface area contributed by atoms with Crippen LogP contribution in [0.4, 0.5) is 4.39 Å². The molecule has 9 heteroatoms. The number of methoxy groups -OCH3 is 3. The Hall–Kier alpha value is -3.88. The Kier molecular flexibility index (Phi) is 6.54. The molecule has 0 saturated carbocycles. The van der Waals surface area contributed by atoms with Gasteiger partial charge in [-0.3, -0.25) is 9.78 Å². The number of nitrogens with zero attached hydrogens (tertiary/aromatic N) is 2. The van der Waals surface area contributed by atoms with Crippen molar-refractivity contribution in [3.8, 4) is 34.3 Å². The molecule has 1 N–H and O–H groups in total. The molecule has 1 atom stereocenters. The molecule has 8 nitrogen and oxygen atoms in total. The number of carbonyl (C=O) groups excluding carboxylic acids is 1. The molecule has 2 aromatic carbocycles. The van der Waals surface area contributed by atoms with Crippen LogP contribution < -0.4 is 24.3 Å². The molecular formula is C25H26FN3O5. The highest BCUT2D eigenvalue weighted by atomic mass is 19.1. The van der Waals surface area contributed by atoms with Crippen molar-refractivity contribution in [2.45, 2.75) is 26.4 Å². The van der Waals surface area contributed by atoms with Gasteiger partial charge in [-0.1, -0.05) is 0 Å². The zero-order valence-electron chi connectivity index (χ0n) is 19.7. The van der Waals surface area contributed by atoms with E-state index in [1.165, 1.54) is 33.5 Å². The maximum atomic E-state index is 14.4. The van der Waals surface area contributed by atoms with Crippen LogP contribution in [0.25, 0.3) is 11.3 Å². The predicted molar refractivity (Wildman–Crippen MR) is 123 cm³/mol. The topological polar surface area (TPSA) is 91.8 Å². The van der Waals surface area contributed by atoms with Crippen molar-refractivity contribution < 1.29 is 28.1 Å². The van der Waals surface area contributed by atoms with Crippen molar-refractivity contribution in [1.82, 2.24) is 15.3 Å². The lowest BCUT2D eigenvalue weighted by atomic mass is 10.0. The Labute approximate surface area is 197 Å². The molecule has 34 heavy (non-hydrogen) atoms. The molecule has 1 aliphatic heterocycles. The summed E-state index contributed by atoms with van der Waals surface area (Å²) >= 11 is 0. The van der Waals surface area contributed by atoms with Gasteiger partial charge >= 0.3 is 0 Å². The number of fused-ring (bicyclic) bond motifs is 1. The van der Waals surface area contributed by atoms with Gasteiger partial charge in [0.2, 0.25) is 5.75 Å². The number of aryl methyl sites for hydroxylation is 2. The molecular weight excluding hydrogens is 441 g/mol. The number of ether oxygens (including phenoxy) is 4. The molecule has 1 aliphatic rings. The molecule has 0 spiro atoms. The van der Waals surface area contributed by atoms with Crippen LogP contribution in [-0.4, -0.2) is 49.9 Å². The van der Waals surface area contributed by atoms with Gasteiger partial charge in [-0.25, -0.2) is 9.37 Å². The van der Waals surface area contributed by atoms with E-state index in [2.05, 4.69) is 15.3 Å². The van der Waals surface area contributed by atoms with Gasteiger partial charge < -0.3 is 24.3 Å². The summed E-state index contributed by atoms with van der Waals surface area (Å²) in [4.78, 5) is 21.8. The molecule has 4 rings (SSSR count). The van der Waals surface area contributed by atoms with Crippen LogP contribution in [0.5, 0.6) is 23.0 Å². The summed E-state index contributed by atoms with van der Waals surface area (Å²) in [5.74, 6) is 0.885. The third-order valence-electron chi connectivity index (χ3n) is 5.63. The van der Waals surface area contributed by atoms with E-state index in [4.69, 9.17) is 18.9 Å². The largest absolute Gasteiger partial charge is 0.493 e. The molecule has 0 saturated heterocycles. The van der Waals surface area contributed by atoms with Crippen molar-refractivity contribution in [2.24, 2.45) is 0 Å². The lowest BCUT2D eigenvalue weighted by Crippen LogP contribution is -2.34. The van der Waals surface area contributed by atoms with Gasteiger partial charge in [0.15, 0.2) is 11.5 Å². The maximum Gasteiger partial charge on any atom is 0.255 e. The van der Waals surface area contributed by atoms with Crippen LogP contribution in [0, 0.1) is 19.7 Å². The van der Waals surface area contributed by atoms with Gasteiger partial charge in [0.25, 0.3) is 5.91 Å². The Morgan fingerprint density at radius 2 is 1.91 bits per heavy atom. The van der Waals surface area contributed by atoms with E-state index < -0.39 is 0 Å². The van der Waals surface area contributed by atoms with E-state index >= 15 is 0 Å². The summed E-state index contributed by atoms with van der Waals surface area (Å²) in [6.07, 6.45) is 1.74. The van der Waals surface area contributed by atoms with E-state index in [0.717, 1.165) is 11.3 Å². The Balaban J connectivity index is 1.54. The Morgan fingerprint density at radius 1 is 1.15 bits per heavy atom. The molecule has 0 bridgehead atoms. The van der Waals surface area contributed by atoms with Crippen molar-refractivity contribution >= 4 is 5.91 Å². The standard InChI is InChI=1S/C25H26FN3O5/c1-13-11-27-14(2)21(29-13)19-10-16(26)8-15-9-17(34-22(15)19)12-28-25(30)18-6-7-20(31-3)24(33-5)23(18)32-4/h6-8,10-11,17H,9,12H2,1-5H3,(H,28,30)/t17-/m0/s1.